The number of benzene rings is 2. The van der Waals surface area contributed by atoms with Crippen LogP contribution in [0.2, 0.25) is 0 Å². The van der Waals surface area contributed by atoms with Crippen molar-refractivity contribution < 1.29 is 17.9 Å². The first kappa shape index (κ1) is 19.7. The van der Waals surface area contributed by atoms with Crippen LogP contribution in [0.3, 0.4) is 0 Å². The summed E-state index contributed by atoms with van der Waals surface area (Å²) >= 11 is 3.47. The van der Waals surface area contributed by atoms with Crippen LogP contribution in [0.1, 0.15) is 0 Å². The Hall–Kier alpha value is -1.61. The third-order valence-electron chi connectivity index (χ3n) is 5.07. The van der Waals surface area contributed by atoms with Crippen LogP contribution in [-0.2, 0) is 19.3 Å². The van der Waals surface area contributed by atoms with E-state index in [2.05, 4.69) is 25.7 Å². The fraction of sp³-hybridized carbons (Fsp3) is 0.400. The minimum atomic E-state index is -3.60. The van der Waals surface area contributed by atoms with E-state index in [-0.39, 0.29) is 0 Å². The fourth-order valence-electron chi connectivity index (χ4n) is 3.50. The van der Waals surface area contributed by atoms with E-state index in [1.54, 1.807) is 24.3 Å². The zero-order valence-corrected chi connectivity index (χ0v) is 17.9. The fourth-order valence-corrected chi connectivity index (χ4v) is 5.46. The number of sulfone groups is 1. The molecule has 4 rings (SSSR count). The summed E-state index contributed by atoms with van der Waals surface area (Å²) in [5, 5.41) is 0. The highest BCUT2D eigenvalue weighted by Gasteiger charge is 2.22. The molecule has 150 valence electrons. The molecule has 0 N–H and O–H groups in total. The van der Waals surface area contributed by atoms with E-state index in [1.807, 2.05) is 18.2 Å². The van der Waals surface area contributed by atoms with Crippen molar-refractivity contribution in [3.63, 3.8) is 0 Å². The molecule has 0 aromatic heterocycles. The van der Waals surface area contributed by atoms with Crippen LogP contribution < -0.4 is 9.80 Å². The molecular weight excluding hydrogens is 444 g/mol. The number of ether oxygens (including phenoxy) is 2. The maximum Gasteiger partial charge on any atom is 0.206 e. The summed E-state index contributed by atoms with van der Waals surface area (Å²) < 4.78 is 37.9. The van der Waals surface area contributed by atoms with Crippen LogP contribution in [0.4, 0.5) is 11.4 Å². The van der Waals surface area contributed by atoms with Gasteiger partial charge in [0.25, 0.3) is 0 Å². The molecule has 2 aromatic carbocycles. The Morgan fingerprint density at radius 3 is 1.82 bits per heavy atom. The standard InChI is InChI=1S/C20H23BrN2O4S/c21-16-13-18(23-7-11-27-12-8-23)15-20(14-16)28(24,25)19-3-1-17(2-4-19)22-5-9-26-10-6-22/h1-4,13-15H,5-12H2. The second-order valence-corrected chi connectivity index (χ2v) is 9.71. The lowest BCUT2D eigenvalue weighted by molar-refractivity contribution is 0.122. The summed E-state index contributed by atoms with van der Waals surface area (Å²) in [6, 6.07) is 12.5. The molecule has 2 aromatic rings. The molecule has 0 aliphatic carbocycles. The maximum absolute atomic E-state index is 13.2. The Morgan fingerprint density at radius 2 is 1.25 bits per heavy atom. The molecule has 0 atom stereocenters. The monoisotopic (exact) mass is 466 g/mol. The van der Waals surface area contributed by atoms with E-state index >= 15 is 0 Å². The molecule has 2 aliphatic heterocycles. The van der Waals surface area contributed by atoms with E-state index in [9.17, 15) is 8.42 Å². The SMILES string of the molecule is O=S(=O)(c1ccc(N2CCOCC2)cc1)c1cc(Br)cc(N2CCOCC2)c1. The molecular formula is C20H23BrN2O4S. The van der Waals surface area contributed by atoms with Gasteiger partial charge in [-0.3, -0.25) is 0 Å². The molecule has 28 heavy (non-hydrogen) atoms. The first-order chi connectivity index (χ1) is 13.5. The van der Waals surface area contributed by atoms with Gasteiger partial charge in [-0.1, -0.05) is 15.9 Å². The summed E-state index contributed by atoms with van der Waals surface area (Å²) in [5.74, 6) is 0. The molecule has 0 amide bonds. The number of halogens is 1. The van der Waals surface area contributed by atoms with Gasteiger partial charge in [-0.25, -0.2) is 8.42 Å². The molecule has 0 unspecified atom stereocenters. The van der Waals surface area contributed by atoms with Crippen molar-refractivity contribution in [2.75, 3.05) is 62.4 Å². The van der Waals surface area contributed by atoms with Gasteiger partial charge in [0.15, 0.2) is 0 Å². The Balaban J connectivity index is 1.61. The first-order valence-electron chi connectivity index (χ1n) is 9.35. The molecule has 0 bridgehead atoms. The van der Waals surface area contributed by atoms with Crippen molar-refractivity contribution in [2.24, 2.45) is 0 Å². The molecule has 2 saturated heterocycles. The van der Waals surface area contributed by atoms with Gasteiger partial charge in [0.2, 0.25) is 9.84 Å². The number of hydrogen-bond acceptors (Lipinski definition) is 6. The van der Waals surface area contributed by atoms with Crippen LogP contribution in [0.25, 0.3) is 0 Å². The number of rotatable bonds is 4. The third kappa shape index (κ3) is 4.20. The predicted octanol–water partition coefficient (Wildman–Crippen LogP) is 2.96. The van der Waals surface area contributed by atoms with Crippen molar-refractivity contribution in [2.45, 2.75) is 9.79 Å². The van der Waals surface area contributed by atoms with Gasteiger partial charge in [-0.15, -0.1) is 0 Å². The van der Waals surface area contributed by atoms with Crippen molar-refractivity contribution in [3.05, 3.63) is 46.9 Å². The molecule has 2 fully saturated rings. The summed E-state index contributed by atoms with van der Waals surface area (Å²) in [6.07, 6.45) is 0. The summed E-state index contributed by atoms with van der Waals surface area (Å²) in [6.45, 7) is 5.84. The van der Waals surface area contributed by atoms with Crippen molar-refractivity contribution in [3.8, 4) is 0 Å². The zero-order chi connectivity index (χ0) is 19.6. The lowest BCUT2D eigenvalue weighted by Gasteiger charge is -2.29. The largest absolute Gasteiger partial charge is 0.378 e. The van der Waals surface area contributed by atoms with E-state index in [0.29, 0.717) is 36.2 Å². The number of hydrogen-bond donors (Lipinski definition) is 0. The Kier molecular flexibility index (Phi) is 5.91. The van der Waals surface area contributed by atoms with Crippen molar-refractivity contribution in [1.82, 2.24) is 0 Å². The lowest BCUT2D eigenvalue weighted by atomic mass is 10.2. The Bertz CT molecular complexity index is 922. The molecule has 6 nitrogen and oxygen atoms in total. The van der Waals surface area contributed by atoms with Crippen LogP contribution in [0.5, 0.6) is 0 Å². The van der Waals surface area contributed by atoms with Gasteiger partial charge in [0, 0.05) is 42.0 Å². The minimum Gasteiger partial charge on any atom is -0.378 e. The maximum atomic E-state index is 13.2. The van der Waals surface area contributed by atoms with E-state index in [1.165, 1.54) is 0 Å². The van der Waals surface area contributed by atoms with Crippen molar-refractivity contribution >= 4 is 37.1 Å². The second-order valence-electron chi connectivity index (χ2n) is 6.84. The van der Waals surface area contributed by atoms with Gasteiger partial charge in [-0.2, -0.15) is 0 Å². The highest BCUT2D eigenvalue weighted by molar-refractivity contribution is 9.10. The lowest BCUT2D eigenvalue weighted by Crippen LogP contribution is -2.36. The van der Waals surface area contributed by atoms with Crippen LogP contribution in [0.15, 0.2) is 56.7 Å². The van der Waals surface area contributed by atoms with E-state index in [0.717, 1.165) is 42.0 Å². The molecule has 2 heterocycles. The zero-order valence-electron chi connectivity index (χ0n) is 15.5. The first-order valence-corrected chi connectivity index (χ1v) is 11.6. The van der Waals surface area contributed by atoms with Gasteiger partial charge in [-0.05, 0) is 42.5 Å². The third-order valence-corrected chi connectivity index (χ3v) is 7.27. The van der Waals surface area contributed by atoms with Gasteiger partial charge in [0.05, 0.1) is 36.2 Å². The van der Waals surface area contributed by atoms with Crippen LogP contribution in [-0.4, -0.2) is 61.0 Å². The average molecular weight is 467 g/mol. The smallest absolute Gasteiger partial charge is 0.206 e. The van der Waals surface area contributed by atoms with Crippen molar-refractivity contribution in [1.29, 1.82) is 0 Å². The van der Waals surface area contributed by atoms with Gasteiger partial charge < -0.3 is 19.3 Å². The molecule has 8 heteroatoms. The van der Waals surface area contributed by atoms with Gasteiger partial charge >= 0.3 is 0 Å². The number of anilines is 2. The highest BCUT2D eigenvalue weighted by atomic mass is 79.9. The summed E-state index contributed by atoms with van der Waals surface area (Å²) in [4.78, 5) is 4.95. The Labute approximate surface area is 174 Å². The minimum absolute atomic E-state index is 0.294. The Morgan fingerprint density at radius 1 is 0.714 bits per heavy atom. The highest BCUT2D eigenvalue weighted by Crippen LogP contribution is 2.30. The second kappa shape index (κ2) is 8.41. The molecule has 0 spiro atoms. The van der Waals surface area contributed by atoms with Gasteiger partial charge in [0.1, 0.15) is 0 Å². The summed E-state index contributed by atoms with van der Waals surface area (Å²) in [7, 11) is -3.60. The van der Waals surface area contributed by atoms with E-state index in [4.69, 9.17) is 9.47 Å². The number of morpholine rings is 2. The van der Waals surface area contributed by atoms with Crippen LogP contribution >= 0.6 is 15.9 Å². The molecule has 0 saturated carbocycles. The predicted molar refractivity (Wildman–Crippen MR) is 112 cm³/mol. The molecule has 0 radical (unpaired) electrons. The topological polar surface area (TPSA) is 59.1 Å². The van der Waals surface area contributed by atoms with E-state index < -0.39 is 9.84 Å². The number of nitrogens with zero attached hydrogens (tertiary/aromatic N) is 2. The van der Waals surface area contributed by atoms with Crippen LogP contribution in [0, 0.1) is 0 Å². The quantitative estimate of drug-likeness (QED) is 0.690. The molecule has 2 aliphatic rings. The summed E-state index contributed by atoms with van der Waals surface area (Å²) in [5.41, 5.74) is 1.91. The normalized spacial score (nSPS) is 18.3. The average Bonchev–Trinajstić information content (AvgIpc) is 2.75.